The Morgan fingerprint density at radius 3 is 2.53 bits per heavy atom. The van der Waals surface area contributed by atoms with E-state index in [0.29, 0.717) is 0 Å². The third kappa shape index (κ3) is 4.52. The lowest BCUT2D eigenvalue weighted by molar-refractivity contribution is 0.0185. The summed E-state index contributed by atoms with van der Waals surface area (Å²) in [5.74, 6) is 0.949. The average Bonchev–Trinajstić information content (AvgIpc) is 2.15. The van der Waals surface area contributed by atoms with E-state index in [9.17, 15) is 0 Å². The fourth-order valence-corrected chi connectivity index (χ4v) is 2.23. The Kier molecular flexibility index (Phi) is 6.26. The Hall–Kier alpha value is -0.0800. The summed E-state index contributed by atoms with van der Waals surface area (Å²) in [6.45, 7) is 5.27. The highest BCUT2D eigenvalue weighted by atomic mass is 16.5. The number of nitrogens with two attached hydrogens (primary N) is 1. The van der Waals surface area contributed by atoms with Crippen molar-refractivity contribution in [1.29, 1.82) is 0 Å². The Morgan fingerprint density at radius 2 is 2.07 bits per heavy atom. The molecule has 2 unspecified atom stereocenters. The molecule has 0 radical (unpaired) electrons. The van der Waals surface area contributed by atoms with Crippen molar-refractivity contribution < 1.29 is 4.74 Å². The molecule has 1 fully saturated rings. The van der Waals surface area contributed by atoms with Crippen molar-refractivity contribution in [2.24, 2.45) is 11.7 Å². The van der Waals surface area contributed by atoms with E-state index in [1.807, 2.05) is 0 Å². The fourth-order valence-electron chi connectivity index (χ4n) is 2.23. The van der Waals surface area contributed by atoms with Gasteiger partial charge in [0.15, 0.2) is 0 Å². The fraction of sp³-hybridized carbons (Fsp3) is 1.00. The van der Waals surface area contributed by atoms with Gasteiger partial charge < -0.3 is 10.5 Å². The average molecular weight is 213 g/mol. The summed E-state index contributed by atoms with van der Waals surface area (Å²) in [4.78, 5) is 0. The smallest absolute Gasteiger partial charge is 0.0723 e. The van der Waals surface area contributed by atoms with Crippen LogP contribution in [-0.2, 0) is 4.74 Å². The van der Waals surface area contributed by atoms with Crippen molar-refractivity contribution in [1.82, 2.24) is 0 Å². The lowest BCUT2D eigenvalue weighted by Crippen LogP contribution is -2.36. The van der Waals surface area contributed by atoms with Gasteiger partial charge in [-0.3, -0.25) is 0 Å². The number of hydrogen-bond donors (Lipinski definition) is 1. The van der Waals surface area contributed by atoms with Gasteiger partial charge in [0.2, 0.25) is 0 Å². The summed E-state index contributed by atoms with van der Waals surface area (Å²) in [6, 6.07) is 0.237. The molecular formula is C13H27NO. The third-order valence-electron chi connectivity index (χ3n) is 3.58. The normalized spacial score (nSPS) is 21.0. The zero-order valence-corrected chi connectivity index (χ0v) is 10.4. The minimum atomic E-state index is 0.237. The van der Waals surface area contributed by atoms with Gasteiger partial charge in [0, 0.05) is 12.6 Å². The number of ether oxygens (including phenoxy) is 1. The molecule has 0 bridgehead atoms. The molecule has 90 valence electrons. The van der Waals surface area contributed by atoms with Crippen molar-refractivity contribution in [3.8, 4) is 0 Å². The molecule has 0 aliphatic heterocycles. The van der Waals surface area contributed by atoms with Crippen LogP contribution in [0.4, 0.5) is 0 Å². The van der Waals surface area contributed by atoms with Crippen LogP contribution < -0.4 is 5.73 Å². The molecule has 1 aliphatic carbocycles. The first-order valence-electron chi connectivity index (χ1n) is 6.65. The van der Waals surface area contributed by atoms with Crippen LogP contribution >= 0.6 is 0 Å². The van der Waals surface area contributed by atoms with Gasteiger partial charge in [0.05, 0.1) is 6.10 Å². The summed E-state index contributed by atoms with van der Waals surface area (Å²) >= 11 is 0. The van der Waals surface area contributed by atoms with Crippen LogP contribution in [0.5, 0.6) is 0 Å². The van der Waals surface area contributed by atoms with E-state index < -0.39 is 0 Å². The van der Waals surface area contributed by atoms with Gasteiger partial charge in [0.25, 0.3) is 0 Å². The molecule has 1 aliphatic rings. The molecule has 2 heteroatoms. The van der Waals surface area contributed by atoms with Gasteiger partial charge in [-0.1, -0.05) is 39.5 Å². The standard InChI is InChI=1S/C13H27NO/c1-3-6-12(14)13(4-2)15-10-9-11-7-5-8-11/h11-13H,3-10,14H2,1-2H3. The zero-order valence-electron chi connectivity index (χ0n) is 10.4. The Morgan fingerprint density at radius 1 is 1.33 bits per heavy atom. The zero-order chi connectivity index (χ0) is 11.1. The molecular weight excluding hydrogens is 186 g/mol. The molecule has 2 atom stereocenters. The van der Waals surface area contributed by atoms with Crippen molar-refractivity contribution in [2.75, 3.05) is 6.61 Å². The Bertz CT molecular complexity index is 157. The molecule has 1 rings (SSSR count). The lowest BCUT2D eigenvalue weighted by atomic mass is 9.83. The van der Waals surface area contributed by atoms with Crippen LogP contribution in [0.1, 0.15) is 58.8 Å². The predicted molar refractivity (Wildman–Crippen MR) is 64.9 cm³/mol. The number of hydrogen-bond acceptors (Lipinski definition) is 2. The molecule has 2 N–H and O–H groups in total. The predicted octanol–water partition coefficient (Wildman–Crippen LogP) is 3.10. The second kappa shape index (κ2) is 7.24. The van der Waals surface area contributed by atoms with Crippen molar-refractivity contribution >= 4 is 0 Å². The quantitative estimate of drug-likeness (QED) is 0.672. The van der Waals surface area contributed by atoms with E-state index in [-0.39, 0.29) is 12.1 Å². The highest BCUT2D eigenvalue weighted by molar-refractivity contribution is 4.73. The van der Waals surface area contributed by atoms with E-state index in [4.69, 9.17) is 10.5 Å². The van der Waals surface area contributed by atoms with E-state index in [2.05, 4.69) is 13.8 Å². The molecule has 0 aromatic carbocycles. The second-order valence-electron chi connectivity index (χ2n) is 4.86. The molecule has 0 heterocycles. The van der Waals surface area contributed by atoms with Gasteiger partial charge in [0.1, 0.15) is 0 Å². The summed E-state index contributed by atoms with van der Waals surface area (Å²) in [6.07, 6.45) is 9.08. The molecule has 0 spiro atoms. The second-order valence-corrected chi connectivity index (χ2v) is 4.86. The number of rotatable bonds is 8. The van der Waals surface area contributed by atoms with Gasteiger partial charge in [-0.2, -0.15) is 0 Å². The largest absolute Gasteiger partial charge is 0.377 e. The van der Waals surface area contributed by atoms with E-state index in [1.165, 1.54) is 25.7 Å². The minimum Gasteiger partial charge on any atom is -0.377 e. The molecule has 0 amide bonds. The van der Waals surface area contributed by atoms with Gasteiger partial charge >= 0.3 is 0 Å². The molecule has 0 saturated heterocycles. The maximum absolute atomic E-state index is 6.08. The summed E-state index contributed by atoms with van der Waals surface area (Å²) in [5.41, 5.74) is 6.08. The molecule has 2 nitrogen and oxygen atoms in total. The van der Waals surface area contributed by atoms with Crippen molar-refractivity contribution in [2.45, 2.75) is 70.9 Å². The Balaban J connectivity index is 2.08. The van der Waals surface area contributed by atoms with Crippen LogP contribution in [0.15, 0.2) is 0 Å². The molecule has 1 saturated carbocycles. The monoisotopic (exact) mass is 213 g/mol. The molecule has 0 aromatic heterocycles. The van der Waals surface area contributed by atoms with Crippen molar-refractivity contribution in [3.63, 3.8) is 0 Å². The molecule has 15 heavy (non-hydrogen) atoms. The maximum atomic E-state index is 6.08. The van der Waals surface area contributed by atoms with E-state index in [0.717, 1.165) is 31.8 Å². The third-order valence-corrected chi connectivity index (χ3v) is 3.58. The maximum Gasteiger partial charge on any atom is 0.0723 e. The summed E-state index contributed by atoms with van der Waals surface area (Å²) in [7, 11) is 0. The van der Waals surface area contributed by atoms with Crippen molar-refractivity contribution in [3.05, 3.63) is 0 Å². The summed E-state index contributed by atoms with van der Waals surface area (Å²) < 4.78 is 5.89. The topological polar surface area (TPSA) is 35.2 Å². The van der Waals surface area contributed by atoms with Crippen LogP contribution in [0.25, 0.3) is 0 Å². The Labute approximate surface area is 94.6 Å². The minimum absolute atomic E-state index is 0.237. The van der Waals surface area contributed by atoms with Gasteiger partial charge in [-0.15, -0.1) is 0 Å². The van der Waals surface area contributed by atoms with Crippen LogP contribution in [0.3, 0.4) is 0 Å². The van der Waals surface area contributed by atoms with Crippen LogP contribution in [0, 0.1) is 5.92 Å². The first kappa shape index (κ1) is 13.0. The van der Waals surface area contributed by atoms with Gasteiger partial charge in [-0.05, 0) is 25.2 Å². The highest BCUT2D eigenvalue weighted by Gasteiger charge is 2.19. The SMILES string of the molecule is CCCC(N)C(CC)OCCC1CCC1. The first-order chi connectivity index (χ1) is 7.27. The lowest BCUT2D eigenvalue weighted by Gasteiger charge is -2.27. The van der Waals surface area contributed by atoms with Crippen LogP contribution in [-0.4, -0.2) is 18.8 Å². The van der Waals surface area contributed by atoms with E-state index >= 15 is 0 Å². The van der Waals surface area contributed by atoms with E-state index in [1.54, 1.807) is 0 Å². The highest BCUT2D eigenvalue weighted by Crippen LogP contribution is 2.29. The van der Waals surface area contributed by atoms with Gasteiger partial charge in [-0.25, -0.2) is 0 Å². The summed E-state index contributed by atoms with van der Waals surface area (Å²) in [5, 5.41) is 0. The van der Waals surface area contributed by atoms with Crippen LogP contribution in [0.2, 0.25) is 0 Å². The first-order valence-corrected chi connectivity index (χ1v) is 6.65. The molecule has 0 aromatic rings.